The van der Waals surface area contributed by atoms with E-state index in [1.165, 1.54) is 0 Å². The minimum Gasteiger partial charge on any atom is -0.497 e. The highest BCUT2D eigenvalue weighted by molar-refractivity contribution is 5.92. The zero-order chi connectivity index (χ0) is 18.6. The molecule has 1 heterocycles. The minimum absolute atomic E-state index is 0.211. The second-order valence-electron chi connectivity index (χ2n) is 6.11. The third kappa shape index (κ3) is 3.25. The zero-order valence-electron chi connectivity index (χ0n) is 14.8. The van der Waals surface area contributed by atoms with Crippen molar-refractivity contribution in [1.82, 2.24) is 10.2 Å². The molecule has 0 saturated heterocycles. The Morgan fingerprint density at radius 3 is 1.81 bits per heavy atom. The molecule has 0 aliphatic rings. The Hall–Kier alpha value is -3.66. The topological polar surface area (TPSA) is 55.0 Å². The molecule has 132 valence electrons. The summed E-state index contributed by atoms with van der Waals surface area (Å²) in [5.74, 6) is 0.771. The molecular weight excluding hydrogens is 336 g/mol. The lowest BCUT2D eigenvalue weighted by Gasteiger charge is -2.14. The van der Waals surface area contributed by atoms with Gasteiger partial charge in [0.2, 0.25) is 0 Å². The maximum atomic E-state index is 12.8. The zero-order valence-corrected chi connectivity index (χ0v) is 14.8. The molecule has 0 aliphatic carbocycles. The molecule has 4 heteroatoms. The highest BCUT2D eigenvalue weighted by Crippen LogP contribution is 2.36. The van der Waals surface area contributed by atoms with Gasteiger partial charge in [-0.15, -0.1) is 0 Å². The number of aromatic amines is 1. The summed E-state index contributed by atoms with van der Waals surface area (Å²) in [6.45, 7) is 0. The number of methoxy groups -OCH3 is 1. The van der Waals surface area contributed by atoms with Gasteiger partial charge in [-0.05, 0) is 35.4 Å². The first-order chi connectivity index (χ1) is 13.3. The van der Waals surface area contributed by atoms with Crippen LogP contribution in [0.3, 0.4) is 0 Å². The fraction of sp³-hybridized carbons (Fsp3) is 0.0435. The number of hydrogen-bond donors (Lipinski definition) is 1. The van der Waals surface area contributed by atoms with Crippen LogP contribution in [0.2, 0.25) is 0 Å². The summed E-state index contributed by atoms with van der Waals surface area (Å²) < 4.78 is 5.25. The molecule has 0 amide bonds. The number of hydrogen-bond acceptors (Lipinski definition) is 3. The molecule has 4 rings (SSSR count). The number of H-pyrrole nitrogens is 1. The smallest absolute Gasteiger partial charge is 0.272 e. The monoisotopic (exact) mass is 354 g/mol. The number of benzene rings is 3. The summed E-state index contributed by atoms with van der Waals surface area (Å²) in [5.41, 5.74) is 4.65. The molecule has 0 unspecified atom stereocenters. The van der Waals surface area contributed by atoms with Crippen LogP contribution in [0.5, 0.6) is 5.75 Å². The molecule has 0 aliphatic heterocycles. The first-order valence-corrected chi connectivity index (χ1v) is 8.66. The van der Waals surface area contributed by atoms with Gasteiger partial charge in [0.1, 0.15) is 5.75 Å². The molecule has 3 aromatic carbocycles. The normalized spacial score (nSPS) is 10.6. The quantitative estimate of drug-likeness (QED) is 0.574. The summed E-state index contributed by atoms with van der Waals surface area (Å²) in [7, 11) is 1.64. The predicted octanol–water partition coefficient (Wildman–Crippen LogP) is 4.78. The summed E-state index contributed by atoms with van der Waals surface area (Å²) in [5, 5.41) is 7.06. The van der Waals surface area contributed by atoms with Crippen LogP contribution in [0, 0.1) is 0 Å². The Balaban J connectivity index is 2.03. The minimum atomic E-state index is -0.211. The van der Waals surface area contributed by atoms with Gasteiger partial charge >= 0.3 is 0 Å². The van der Waals surface area contributed by atoms with Gasteiger partial charge in [0.05, 0.1) is 18.4 Å². The highest BCUT2D eigenvalue weighted by atomic mass is 16.5. The van der Waals surface area contributed by atoms with E-state index in [0.717, 1.165) is 33.7 Å². The van der Waals surface area contributed by atoms with E-state index >= 15 is 0 Å². The number of nitrogens with one attached hydrogen (secondary N) is 1. The third-order valence-electron chi connectivity index (χ3n) is 4.47. The summed E-state index contributed by atoms with van der Waals surface area (Å²) in [6.07, 6.45) is 0. The lowest BCUT2D eigenvalue weighted by atomic mass is 9.92. The molecule has 0 bridgehead atoms. The van der Waals surface area contributed by atoms with E-state index in [1.54, 1.807) is 7.11 Å². The molecule has 0 fully saturated rings. The molecule has 0 saturated carbocycles. The fourth-order valence-corrected chi connectivity index (χ4v) is 3.17. The van der Waals surface area contributed by atoms with E-state index in [2.05, 4.69) is 10.2 Å². The van der Waals surface area contributed by atoms with Crippen LogP contribution in [-0.4, -0.2) is 17.3 Å². The van der Waals surface area contributed by atoms with Crippen LogP contribution in [0.15, 0.2) is 89.7 Å². The van der Waals surface area contributed by atoms with Crippen molar-refractivity contribution < 1.29 is 4.74 Å². The van der Waals surface area contributed by atoms with E-state index in [0.29, 0.717) is 5.56 Å². The van der Waals surface area contributed by atoms with Crippen molar-refractivity contribution >= 4 is 0 Å². The van der Waals surface area contributed by atoms with Gasteiger partial charge in [0.25, 0.3) is 5.56 Å². The molecule has 1 N–H and O–H groups in total. The first-order valence-electron chi connectivity index (χ1n) is 8.66. The lowest BCUT2D eigenvalue weighted by Crippen LogP contribution is -2.14. The van der Waals surface area contributed by atoms with Crippen LogP contribution in [-0.2, 0) is 0 Å². The summed E-state index contributed by atoms with van der Waals surface area (Å²) in [4.78, 5) is 12.8. The largest absolute Gasteiger partial charge is 0.497 e. The van der Waals surface area contributed by atoms with Crippen LogP contribution < -0.4 is 10.3 Å². The third-order valence-corrected chi connectivity index (χ3v) is 4.47. The number of ether oxygens (including phenoxy) is 1. The van der Waals surface area contributed by atoms with Gasteiger partial charge in [0, 0.05) is 11.1 Å². The van der Waals surface area contributed by atoms with Gasteiger partial charge in [0.15, 0.2) is 0 Å². The fourth-order valence-electron chi connectivity index (χ4n) is 3.17. The van der Waals surface area contributed by atoms with E-state index < -0.39 is 0 Å². The van der Waals surface area contributed by atoms with Crippen molar-refractivity contribution in [3.05, 3.63) is 95.3 Å². The summed E-state index contributed by atoms with van der Waals surface area (Å²) in [6, 6.07) is 27.2. The van der Waals surface area contributed by atoms with Gasteiger partial charge in [-0.2, -0.15) is 5.10 Å². The van der Waals surface area contributed by atoms with Crippen LogP contribution in [0.25, 0.3) is 33.5 Å². The molecule has 27 heavy (non-hydrogen) atoms. The van der Waals surface area contributed by atoms with Crippen LogP contribution in [0.4, 0.5) is 0 Å². The van der Waals surface area contributed by atoms with E-state index in [-0.39, 0.29) is 5.56 Å². The maximum absolute atomic E-state index is 12.8. The van der Waals surface area contributed by atoms with Crippen molar-refractivity contribution in [3.63, 3.8) is 0 Å². The van der Waals surface area contributed by atoms with Gasteiger partial charge < -0.3 is 4.74 Å². The van der Waals surface area contributed by atoms with E-state index in [1.807, 2.05) is 84.9 Å². The van der Waals surface area contributed by atoms with Crippen molar-refractivity contribution in [2.75, 3.05) is 7.11 Å². The van der Waals surface area contributed by atoms with Gasteiger partial charge in [-0.3, -0.25) is 4.79 Å². The highest BCUT2D eigenvalue weighted by Gasteiger charge is 2.18. The Labute approximate surface area is 157 Å². The maximum Gasteiger partial charge on any atom is 0.272 e. The second-order valence-corrected chi connectivity index (χ2v) is 6.11. The molecule has 4 nitrogen and oxygen atoms in total. The number of nitrogens with zero attached hydrogens (tertiary/aromatic N) is 1. The van der Waals surface area contributed by atoms with Gasteiger partial charge in [-0.1, -0.05) is 60.7 Å². The molecular formula is C23H18N2O2. The van der Waals surface area contributed by atoms with Crippen LogP contribution in [0.1, 0.15) is 0 Å². The van der Waals surface area contributed by atoms with E-state index in [4.69, 9.17) is 4.74 Å². The van der Waals surface area contributed by atoms with Gasteiger partial charge in [-0.25, -0.2) is 5.10 Å². The molecule has 0 spiro atoms. The van der Waals surface area contributed by atoms with Crippen molar-refractivity contribution in [2.24, 2.45) is 0 Å². The molecule has 1 aromatic heterocycles. The predicted molar refractivity (Wildman–Crippen MR) is 108 cm³/mol. The van der Waals surface area contributed by atoms with E-state index in [9.17, 15) is 4.79 Å². The summed E-state index contributed by atoms with van der Waals surface area (Å²) >= 11 is 0. The lowest BCUT2D eigenvalue weighted by molar-refractivity contribution is 0.415. The first kappa shape index (κ1) is 16.8. The van der Waals surface area contributed by atoms with Crippen molar-refractivity contribution in [2.45, 2.75) is 0 Å². The van der Waals surface area contributed by atoms with Crippen molar-refractivity contribution in [3.8, 4) is 39.3 Å². The van der Waals surface area contributed by atoms with Crippen molar-refractivity contribution in [1.29, 1.82) is 0 Å². The second kappa shape index (κ2) is 7.30. The standard InChI is InChI=1S/C23H18N2O2/c1-27-19-14-12-18(13-15-19)22-20(16-8-4-2-5-9-16)21(23(26)25-24-22)17-10-6-3-7-11-17/h2-15H,1H3,(H,25,26). The Kier molecular flexibility index (Phi) is 4.54. The Morgan fingerprint density at radius 2 is 1.26 bits per heavy atom. The Bertz CT molecular complexity index is 1100. The molecule has 0 atom stereocenters. The number of rotatable bonds is 4. The molecule has 4 aromatic rings. The average Bonchev–Trinajstić information content (AvgIpc) is 2.75. The SMILES string of the molecule is COc1ccc(-c2n[nH]c(=O)c(-c3ccccc3)c2-c2ccccc2)cc1. The number of aromatic nitrogens is 2. The molecule has 0 radical (unpaired) electrons. The van der Waals surface area contributed by atoms with Crippen LogP contribution >= 0.6 is 0 Å². The average molecular weight is 354 g/mol. The Morgan fingerprint density at radius 1 is 0.704 bits per heavy atom.